The molecule has 0 amide bonds. The standard InChI is InChI=1S/C11H20N4/c1-3-4-10-7-14-11(15-8-10)13-6-5-9(2)12/h7-9H,3-6,12H2,1-2H3,(H,13,14,15). The highest BCUT2D eigenvalue weighted by atomic mass is 15.1. The van der Waals surface area contributed by atoms with Gasteiger partial charge < -0.3 is 11.1 Å². The van der Waals surface area contributed by atoms with E-state index in [0.717, 1.165) is 25.8 Å². The van der Waals surface area contributed by atoms with Gasteiger partial charge in [0, 0.05) is 25.0 Å². The van der Waals surface area contributed by atoms with E-state index in [0.29, 0.717) is 5.95 Å². The molecule has 0 saturated heterocycles. The molecule has 84 valence electrons. The molecule has 15 heavy (non-hydrogen) atoms. The van der Waals surface area contributed by atoms with Crippen LogP contribution in [0.15, 0.2) is 12.4 Å². The van der Waals surface area contributed by atoms with Crippen molar-refractivity contribution in [1.82, 2.24) is 9.97 Å². The summed E-state index contributed by atoms with van der Waals surface area (Å²) in [4.78, 5) is 8.46. The molecule has 3 N–H and O–H groups in total. The molecule has 0 spiro atoms. The summed E-state index contributed by atoms with van der Waals surface area (Å²) < 4.78 is 0. The van der Waals surface area contributed by atoms with Gasteiger partial charge in [-0.25, -0.2) is 9.97 Å². The molecule has 0 fully saturated rings. The van der Waals surface area contributed by atoms with E-state index in [1.165, 1.54) is 5.56 Å². The smallest absolute Gasteiger partial charge is 0.222 e. The lowest BCUT2D eigenvalue weighted by atomic mass is 10.2. The summed E-state index contributed by atoms with van der Waals surface area (Å²) in [7, 11) is 0. The maximum absolute atomic E-state index is 5.64. The summed E-state index contributed by atoms with van der Waals surface area (Å²) in [5.41, 5.74) is 6.83. The minimum atomic E-state index is 0.219. The van der Waals surface area contributed by atoms with E-state index in [9.17, 15) is 0 Å². The molecule has 0 bridgehead atoms. The number of rotatable bonds is 6. The Kier molecular flexibility index (Phi) is 5.04. The van der Waals surface area contributed by atoms with Crippen molar-refractivity contribution < 1.29 is 0 Å². The molecule has 0 aliphatic carbocycles. The molecule has 1 unspecified atom stereocenters. The van der Waals surface area contributed by atoms with Crippen molar-refractivity contribution in [2.75, 3.05) is 11.9 Å². The van der Waals surface area contributed by atoms with Crippen LogP contribution in [0.1, 0.15) is 32.3 Å². The zero-order chi connectivity index (χ0) is 11.1. The highest BCUT2D eigenvalue weighted by molar-refractivity contribution is 5.24. The molecule has 1 aromatic rings. The van der Waals surface area contributed by atoms with Gasteiger partial charge in [0.25, 0.3) is 0 Å². The molecule has 1 aromatic heterocycles. The number of nitrogens with one attached hydrogen (secondary N) is 1. The first-order valence-electron chi connectivity index (χ1n) is 5.52. The highest BCUT2D eigenvalue weighted by Crippen LogP contribution is 2.02. The molecule has 1 heterocycles. The molecule has 1 atom stereocenters. The Balaban J connectivity index is 2.36. The lowest BCUT2D eigenvalue weighted by Crippen LogP contribution is -2.19. The lowest BCUT2D eigenvalue weighted by Gasteiger charge is -2.07. The first kappa shape index (κ1) is 11.9. The number of hydrogen-bond acceptors (Lipinski definition) is 4. The highest BCUT2D eigenvalue weighted by Gasteiger charge is 1.97. The third-order valence-electron chi connectivity index (χ3n) is 2.13. The number of aryl methyl sites for hydroxylation is 1. The summed E-state index contributed by atoms with van der Waals surface area (Å²) in [6, 6.07) is 0.219. The molecular weight excluding hydrogens is 188 g/mol. The summed E-state index contributed by atoms with van der Waals surface area (Å²) in [6.07, 6.45) is 6.86. The van der Waals surface area contributed by atoms with E-state index in [1.54, 1.807) is 0 Å². The minimum absolute atomic E-state index is 0.219. The number of nitrogens with zero attached hydrogens (tertiary/aromatic N) is 2. The van der Waals surface area contributed by atoms with Crippen LogP contribution in [0.5, 0.6) is 0 Å². The number of aromatic nitrogens is 2. The molecule has 0 aliphatic heterocycles. The van der Waals surface area contributed by atoms with Gasteiger partial charge >= 0.3 is 0 Å². The van der Waals surface area contributed by atoms with Gasteiger partial charge in [0.05, 0.1) is 0 Å². The van der Waals surface area contributed by atoms with Crippen molar-refractivity contribution in [1.29, 1.82) is 0 Å². The SMILES string of the molecule is CCCc1cnc(NCCC(C)N)nc1. The van der Waals surface area contributed by atoms with Gasteiger partial charge in [-0.05, 0) is 25.3 Å². The van der Waals surface area contributed by atoms with Gasteiger partial charge in [-0.1, -0.05) is 13.3 Å². The van der Waals surface area contributed by atoms with E-state index < -0.39 is 0 Å². The molecule has 0 saturated carbocycles. The third kappa shape index (κ3) is 4.74. The molecule has 4 heteroatoms. The first-order chi connectivity index (χ1) is 7.22. The average molecular weight is 208 g/mol. The van der Waals surface area contributed by atoms with Gasteiger partial charge in [0.2, 0.25) is 5.95 Å². The lowest BCUT2D eigenvalue weighted by molar-refractivity contribution is 0.688. The predicted molar refractivity (Wildman–Crippen MR) is 62.8 cm³/mol. The van der Waals surface area contributed by atoms with E-state index in [2.05, 4.69) is 22.2 Å². The second-order valence-corrected chi connectivity index (χ2v) is 3.86. The molecular formula is C11H20N4. The van der Waals surface area contributed by atoms with E-state index in [-0.39, 0.29) is 6.04 Å². The minimum Gasteiger partial charge on any atom is -0.354 e. The predicted octanol–water partition coefficient (Wildman–Crippen LogP) is 1.58. The Bertz CT molecular complexity index is 268. The van der Waals surface area contributed by atoms with Crippen molar-refractivity contribution >= 4 is 5.95 Å². The summed E-state index contributed by atoms with van der Waals surface area (Å²) in [5.74, 6) is 0.690. The van der Waals surface area contributed by atoms with Crippen molar-refractivity contribution in [2.45, 2.75) is 39.2 Å². The Morgan fingerprint density at radius 2 is 2.07 bits per heavy atom. The van der Waals surface area contributed by atoms with Gasteiger partial charge in [-0.15, -0.1) is 0 Å². The second-order valence-electron chi connectivity index (χ2n) is 3.86. The number of nitrogens with two attached hydrogens (primary N) is 1. The van der Waals surface area contributed by atoms with Gasteiger partial charge in [0.15, 0.2) is 0 Å². The molecule has 1 rings (SSSR count). The number of hydrogen-bond donors (Lipinski definition) is 2. The molecule has 4 nitrogen and oxygen atoms in total. The Morgan fingerprint density at radius 3 is 2.60 bits per heavy atom. The van der Waals surface area contributed by atoms with Crippen molar-refractivity contribution in [3.8, 4) is 0 Å². The molecule has 0 aromatic carbocycles. The van der Waals surface area contributed by atoms with Crippen LogP contribution in [0.25, 0.3) is 0 Å². The zero-order valence-corrected chi connectivity index (χ0v) is 9.53. The fraction of sp³-hybridized carbons (Fsp3) is 0.636. The quantitative estimate of drug-likeness (QED) is 0.745. The van der Waals surface area contributed by atoms with Crippen LogP contribution in [-0.4, -0.2) is 22.6 Å². The van der Waals surface area contributed by atoms with E-state index in [4.69, 9.17) is 5.73 Å². The second kappa shape index (κ2) is 6.35. The van der Waals surface area contributed by atoms with E-state index in [1.807, 2.05) is 19.3 Å². The van der Waals surface area contributed by atoms with Crippen LogP contribution in [0.4, 0.5) is 5.95 Å². The Morgan fingerprint density at radius 1 is 1.40 bits per heavy atom. The van der Waals surface area contributed by atoms with E-state index >= 15 is 0 Å². The maximum atomic E-state index is 5.64. The monoisotopic (exact) mass is 208 g/mol. The van der Waals surface area contributed by atoms with Gasteiger partial charge in [0.1, 0.15) is 0 Å². The number of anilines is 1. The van der Waals surface area contributed by atoms with Crippen molar-refractivity contribution in [3.05, 3.63) is 18.0 Å². The average Bonchev–Trinajstić information content (AvgIpc) is 2.20. The van der Waals surface area contributed by atoms with Crippen LogP contribution in [0.2, 0.25) is 0 Å². The zero-order valence-electron chi connectivity index (χ0n) is 9.53. The summed E-state index contributed by atoms with van der Waals surface area (Å²) in [5, 5.41) is 3.14. The fourth-order valence-electron chi connectivity index (χ4n) is 1.28. The fourth-order valence-corrected chi connectivity index (χ4v) is 1.28. The topological polar surface area (TPSA) is 63.8 Å². The normalized spacial score (nSPS) is 12.5. The summed E-state index contributed by atoms with van der Waals surface area (Å²) in [6.45, 7) is 4.96. The van der Waals surface area contributed by atoms with Crippen LogP contribution in [-0.2, 0) is 6.42 Å². The van der Waals surface area contributed by atoms with Gasteiger partial charge in [-0.3, -0.25) is 0 Å². The first-order valence-corrected chi connectivity index (χ1v) is 5.52. The van der Waals surface area contributed by atoms with Crippen molar-refractivity contribution in [3.63, 3.8) is 0 Å². The molecule has 0 radical (unpaired) electrons. The van der Waals surface area contributed by atoms with Crippen LogP contribution in [0.3, 0.4) is 0 Å². The largest absolute Gasteiger partial charge is 0.354 e. The van der Waals surface area contributed by atoms with Gasteiger partial charge in [-0.2, -0.15) is 0 Å². The van der Waals surface area contributed by atoms with Crippen LogP contribution >= 0.6 is 0 Å². The summed E-state index contributed by atoms with van der Waals surface area (Å²) >= 11 is 0. The molecule has 0 aliphatic rings. The van der Waals surface area contributed by atoms with Crippen molar-refractivity contribution in [2.24, 2.45) is 5.73 Å². The van der Waals surface area contributed by atoms with Crippen LogP contribution in [0, 0.1) is 0 Å². The third-order valence-corrected chi connectivity index (χ3v) is 2.13. The Hall–Kier alpha value is -1.16. The Labute approximate surface area is 91.3 Å². The maximum Gasteiger partial charge on any atom is 0.222 e. The van der Waals surface area contributed by atoms with Crippen LogP contribution < -0.4 is 11.1 Å².